The highest BCUT2D eigenvalue weighted by Crippen LogP contribution is 2.13. The summed E-state index contributed by atoms with van der Waals surface area (Å²) in [7, 11) is 0. The highest BCUT2D eigenvalue weighted by Gasteiger charge is 2.38. The molecule has 0 bridgehead atoms. The zero-order valence-corrected chi connectivity index (χ0v) is 15.3. The molecule has 2 aromatic heterocycles. The average molecular weight is 436 g/mol. The number of carboxylic acids is 1. The maximum Gasteiger partial charge on any atom is 0.490 e. The number of halogens is 5. The Kier molecular flexibility index (Phi) is 7.80. The molecule has 164 valence electrons. The van der Waals surface area contributed by atoms with Crippen LogP contribution in [0.2, 0.25) is 0 Å². The fraction of sp³-hybridized carbons (Fsp3) is 0.412. The second-order valence-corrected chi connectivity index (χ2v) is 6.00. The van der Waals surface area contributed by atoms with Crippen LogP contribution < -0.4 is 15.6 Å². The van der Waals surface area contributed by atoms with E-state index in [1.165, 1.54) is 17.0 Å². The van der Waals surface area contributed by atoms with Crippen LogP contribution in [0.25, 0.3) is 0 Å². The second kappa shape index (κ2) is 10.1. The molecular weight excluding hydrogens is 419 g/mol. The number of nitrogens with one attached hydrogen (secondary N) is 1. The first-order valence-corrected chi connectivity index (χ1v) is 8.56. The maximum absolute atomic E-state index is 12.5. The van der Waals surface area contributed by atoms with E-state index in [1.807, 2.05) is 0 Å². The van der Waals surface area contributed by atoms with E-state index in [0.29, 0.717) is 17.7 Å². The first kappa shape index (κ1) is 23.2. The van der Waals surface area contributed by atoms with Gasteiger partial charge in [-0.2, -0.15) is 22.0 Å². The van der Waals surface area contributed by atoms with Crippen molar-refractivity contribution in [2.75, 3.05) is 13.1 Å². The van der Waals surface area contributed by atoms with Gasteiger partial charge >= 0.3 is 18.8 Å². The van der Waals surface area contributed by atoms with Crippen molar-refractivity contribution in [2.45, 2.75) is 32.2 Å². The number of hydrogen-bond acceptors (Lipinski definition) is 6. The summed E-state index contributed by atoms with van der Waals surface area (Å²) < 4.78 is 61.9. The summed E-state index contributed by atoms with van der Waals surface area (Å²) in [5.74, 6) is -2.93. The molecule has 0 saturated carbocycles. The van der Waals surface area contributed by atoms with Crippen molar-refractivity contribution in [1.29, 1.82) is 0 Å². The highest BCUT2D eigenvalue weighted by molar-refractivity contribution is 5.73. The number of aliphatic carboxylic acids is 1. The van der Waals surface area contributed by atoms with E-state index in [1.54, 1.807) is 12.1 Å². The lowest BCUT2D eigenvalue weighted by Gasteiger charge is -2.10. The van der Waals surface area contributed by atoms with E-state index < -0.39 is 18.8 Å². The Morgan fingerprint density at radius 1 is 1.27 bits per heavy atom. The minimum Gasteiger partial charge on any atom is -0.475 e. The van der Waals surface area contributed by atoms with Gasteiger partial charge < -0.3 is 15.2 Å². The SMILES string of the molecule is O=C(O)C(F)(F)F.O=c1c2c(ncn1Cc1cccc(OC(F)F)n1)CCNCC2. The van der Waals surface area contributed by atoms with Gasteiger partial charge in [0, 0.05) is 24.6 Å². The fourth-order valence-electron chi connectivity index (χ4n) is 2.57. The molecule has 2 N–H and O–H groups in total. The molecule has 1 aliphatic heterocycles. The van der Waals surface area contributed by atoms with Gasteiger partial charge in [-0.1, -0.05) is 6.07 Å². The monoisotopic (exact) mass is 436 g/mol. The van der Waals surface area contributed by atoms with Crippen molar-refractivity contribution in [3.63, 3.8) is 0 Å². The number of alkyl halides is 5. The number of pyridine rings is 1. The van der Waals surface area contributed by atoms with E-state index in [2.05, 4.69) is 20.0 Å². The van der Waals surface area contributed by atoms with Crippen LogP contribution in [0.5, 0.6) is 5.88 Å². The summed E-state index contributed by atoms with van der Waals surface area (Å²) in [6.45, 7) is -1.23. The van der Waals surface area contributed by atoms with Crippen molar-refractivity contribution in [1.82, 2.24) is 19.9 Å². The van der Waals surface area contributed by atoms with Crippen molar-refractivity contribution >= 4 is 5.97 Å². The third kappa shape index (κ3) is 6.76. The average Bonchev–Trinajstić information content (AvgIpc) is 2.90. The van der Waals surface area contributed by atoms with E-state index in [9.17, 15) is 26.7 Å². The number of hydrogen-bond donors (Lipinski definition) is 2. The number of carbonyl (C=O) groups is 1. The minimum atomic E-state index is -5.08. The molecule has 0 aromatic carbocycles. The quantitative estimate of drug-likeness (QED) is 0.702. The van der Waals surface area contributed by atoms with E-state index in [-0.39, 0.29) is 18.0 Å². The van der Waals surface area contributed by atoms with E-state index in [4.69, 9.17) is 9.90 Å². The third-order valence-corrected chi connectivity index (χ3v) is 3.88. The van der Waals surface area contributed by atoms with Crippen molar-refractivity contribution in [3.05, 3.63) is 51.8 Å². The number of ether oxygens (including phenoxy) is 1. The molecule has 13 heteroatoms. The van der Waals surface area contributed by atoms with Gasteiger partial charge in [0.15, 0.2) is 0 Å². The molecule has 0 fully saturated rings. The molecule has 0 spiro atoms. The van der Waals surface area contributed by atoms with Gasteiger partial charge in [-0.25, -0.2) is 14.8 Å². The highest BCUT2D eigenvalue weighted by atomic mass is 19.4. The van der Waals surface area contributed by atoms with Gasteiger partial charge in [-0.3, -0.25) is 9.36 Å². The summed E-state index contributed by atoms with van der Waals surface area (Å²) >= 11 is 0. The third-order valence-electron chi connectivity index (χ3n) is 3.88. The first-order valence-electron chi connectivity index (χ1n) is 8.56. The molecule has 0 atom stereocenters. The first-order chi connectivity index (χ1) is 14.1. The Bertz CT molecular complexity index is 933. The Balaban J connectivity index is 0.000000396. The lowest BCUT2D eigenvalue weighted by atomic mass is 10.1. The Labute approximate surface area is 166 Å². The minimum absolute atomic E-state index is 0.110. The Morgan fingerprint density at radius 2 is 1.93 bits per heavy atom. The van der Waals surface area contributed by atoms with Crippen LogP contribution in [-0.2, 0) is 24.2 Å². The lowest BCUT2D eigenvalue weighted by molar-refractivity contribution is -0.192. The predicted molar refractivity (Wildman–Crippen MR) is 92.4 cm³/mol. The summed E-state index contributed by atoms with van der Waals surface area (Å²) in [6.07, 6.45) is -2.25. The molecule has 0 saturated heterocycles. The van der Waals surface area contributed by atoms with Crippen molar-refractivity contribution in [2.24, 2.45) is 0 Å². The molecule has 30 heavy (non-hydrogen) atoms. The van der Waals surface area contributed by atoms with Gasteiger partial charge in [-0.05, 0) is 19.0 Å². The van der Waals surface area contributed by atoms with Gasteiger partial charge in [-0.15, -0.1) is 0 Å². The lowest BCUT2D eigenvalue weighted by Crippen LogP contribution is -2.27. The molecule has 2 aromatic rings. The molecule has 1 aliphatic rings. The van der Waals surface area contributed by atoms with Gasteiger partial charge in [0.25, 0.3) is 5.56 Å². The molecule has 3 heterocycles. The topological polar surface area (TPSA) is 106 Å². The van der Waals surface area contributed by atoms with Crippen molar-refractivity contribution < 1.29 is 36.6 Å². The number of carboxylic acid groups (broad SMARTS) is 1. The van der Waals surface area contributed by atoms with E-state index >= 15 is 0 Å². The molecule has 0 amide bonds. The van der Waals surface area contributed by atoms with Crippen molar-refractivity contribution in [3.8, 4) is 5.88 Å². The second-order valence-electron chi connectivity index (χ2n) is 6.00. The smallest absolute Gasteiger partial charge is 0.475 e. The normalized spacial score (nSPS) is 13.7. The van der Waals surface area contributed by atoms with Crippen LogP contribution in [0.4, 0.5) is 22.0 Å². The largest absolute Gasteiger partial charge is 0.490 e. The number of aromatic nitrogens is 3. The van der Waals surface area contributed by atoms with Crippen LogP contribution in [0, 0.1) is 0 Å². The number of rotatable bonds is 4. The summed E-state index contributed by atoms with van der Waals surface area (Å²) in [5.41, 5.74) is 1.87. The summed E-state index contributed by atoms with van der Waals surface area (Å²) in [6, 6.07) is 4.56. The number of nitrogens with zero attached hydrogens (tertiary/aromatic N) is 3. The van der Waals surface area contributed by atoms with Gasteiger partial charge in [0.05, 0.1) is 24.3 Å². The van der Waals surface area contributed by atoms with Crippen LogP contribution in [0.1, 0.15) is 17.0 Å². The van der Waals surface area contributed by atoms with Gasteiger partial charge in [0.1, 0.15) is 0 Å². The van der Waals surface area contributed by atoms with Crippen LogP contribution >= 0.6 is 0 Å². The van der Waals surface area contributed by atoms with Crippen LogP contribution in [-0.4, -0.2) is 51.5 Å². The van der Waals surface area contributed by atoms with Gasteiger partial charge in [0.2, 0.25) is 5.88 Å². The molecule has 3 rings (SSSR count). The summed E-state index contributed by atoms with van der Waals surface area (Å²) in [5, 5.41) is 10.4. The van der Waals surface area contributed by atoms with Crippen LogP contribution in [0.3, 0.4) is 0 Å². The fourth-order valence-corrected chi connectivity index (χ4v) is 2.57. The van der Waals surface area contributed by atoms with E-state index in [0.717, 1.165) is 25.2 Å². The molecule has 0 unspecified atom stereocenters. The molecule has 0 aliphatic carbocycles. The molecular formula is C17H17F5N4O4. The maximum atomic E-state index is 12.5. The predicted octanol–water partition coefficient (Wildman–Crippen LogP) is 1.61. The zero-order chi connectivity index (χ0) is 22.3. The molecule has 0 radical (unpaired) electrons. The standard InChI is InChI=1S/C15H16F2N4O2.C2HF3O2/c16-15(17)23-13-3-1-2-10(20-13)8-21-9-19-12-5-7-18-6-4-11(12)14(21)22;3-2(4,5)1(6)7/h1-3,9,15,18H,4-8H2;(H,6,7). The van der Waals surface area contributed by atoms with Crippen LogP contribution in [0.15, 0.2) is 29.3 Å². The molecule has 8 nitrogen and oxygen atoms in total. The number of fused-ring (bicyclic) bond motifs is 1. The Morgan fingerprint density at radius 3 is 2.57 bits per heavy atom. The zero-order valence-electron chi connectivity index (χ0n) is 15.3. The summed E-state index contributed by atoms with van der Waals surface area (Å²) in [4.78, 5) is 29.8. The Hall–Kier alpha value is -3.09.